The number of rotatable bonds is 5. The van der Waals surface area contributed by atoms with E-state index < -0.39 is 0 Å². The molecular formula is C17H20N4. The normalized spacial score (nSPS) is 10.2. The average Bonchev–Trinajstić information content (AvgIpc) is 2.52. The number of nitriles is 1. The third-order valence-electron chi connectivity index (χ3n) is 3.67. The van der Waals surface area contributed by atoms with E-state index in [1.807, 2.05) is 26.0 Å². The van der Waals surface area contributed by atoms with Gasteiger partial charge in [0.25, 0.3) is 0 Å². The van der Waals surface area contributed by atoms with Crippen LogP contribution in [0.1, 0.15) is 41.8 Å². The van der Waals surface area contributed by atoms with Crippen molar-refractivity contribution in [3.05, 3.63) is 52.2 Å². The third kappa shape index (κ3) is 3.19. The van der Waals surface area contributed by atoms with E-state index in [9.17, 15) is 5.26 Å². The van der Waals surface area contributed by atoms with Gasteiger partial charge >= 0.3 is 0 Å². The first-order valence-corrected chi connectivity index (χ1v) is 7.28. The zero-order valence-corrected chi connectivity index (χ0v) is 12.8. The number of nitrogens with one attached hydrogen (secondary N) is 1. The number of nitrogens with zero attached hydrogens (tertiary/aromatic N) is 3. The Hall–Kier alpha value is -2.41. The van der Waals surface area contributed by atoms with Gasteiger partial charge in [-0.05, 0) is 36.5 Å². The second kappa shape index (κ2) is 6.85. The molecule has 1 aromatic heterocycles. The highest BCUT2D eigenvalue weighted by Crippen LogP contribution is 2.20. The monoisotopic (exact) mass is 280 g/mol. The molecule has 0 fully saturated rings. The van der Waals surface area contributed by atoms with Crippen molar-refractivity contribution in [3.8, 4) is 6.07 Å². The number of hydrogen-bond acceptors (Lipinski definition) is 4. The largest absolute Gasteiger partial charge is 0.363 e. The second-order valence-corrected chi connectivity index (χ2v) is 4.95. The van der Waals surface area contributed by atoms with Crippen LogP contribution in [-0.4, -0.2) is 10.2 Å². The summed E-state index contributed by atoms with van der Waals surface area (Å²) in [5, 5.41) is 21.1. The lowest BCUT2D eigenvalue weighted by molar-refractivity contribution is 0.868. The lowest BCUT2D eigenvalue weighted by Crippen LogP contribution is -2.10. The molecule has 4 heteroatoms. The number of benzene rings is 1. The van der Waals surface area contributed by atoms with E-state index in [2.05, 4.69) is 40.6 Å². The molecule has 0 unspecified atom stereocenters. The van der Waals surface area contributed by atoms with Crippen molar-refractivity contribution < 1.29 is 0 Å². The van der Waals surface area contributed by atoms with Crippen molar-refractivity contribution in [2.45, 2.75) is 40.2 Å². The fraction of sp³-hybridized carbons (Fsp3) is 0.353. The topological polar surface area (TPSA) is 61.6 Å². The quantitative estimate of drug-likeness (QED) is 0.912. The smallest absolute Gasteiger partial charge is 0.167 e. The number of hydrogen-bond donors (Lipinski definition) is 1. The molecule has 108 valence electrons. The molecule has 0 saturated heterocycles. The summed E-state index contributed by atoms with van der Waals surface area (Å²) < 4.78 is 0. The maximum atomic E-state index is 9.44. The van der Waals surface area contributed by atoms with Crippen molar-refractivity contribution in [2.75, 3.05) is 5.32 Å². The molecule has 2 rings (SSSR count). The predicted molar refractivity (Wildman–Crippen MR) is 84.0 cm³/mol. The van der Waals surface area contributed by atoms with Gasteiger partial charge in [0.05, 0.1) is 5.69 Å². The van der Waals surface area contributed by atoms with E-state index in [4.69, 9.17) is 0 Å². The second-order valence-electron chi connectivity index (χ2n) is 4.95. The summed E-state index contributed by atoms with van der Waals surface area (Å²) in [5.74, 6) is 0.579. The Labute approximate surface area is 125 Å². The van der Waals surface area contributed by atoms with Gasteiger partial charge in [-0.25, -0.2) is 0 Å². The minimum absolute atomic E-state index is 0.579. The molecule has 0 aliphatic carbocycles. The van der Waals surface area contributed by atoms with Crippen LogP contribution in [0.3, 0.4) is 0 Å². The molecule has 1 N–H and O–H groups in total. The van der Waals surface area contributed by atoms with Crippen LogP contribution in [0.4, 0.5) is 5.82 Å². The van der Waals surface area contributed by atoms with Crippen molar-refractivity contribution in [2.24, 2.45) is 0 Å². The van der Waals surface area contributed by atoms with Gasteiger partial charge in [0.2, 0.25) is 0 Å². The van der Waals surface area contributed by atoms with Crippen molar-refractivity contribution >= 4 is 5.82 Å². The van der Waals surface area contributed by atoms with Gasteiger partial charge < -0.3 is 5.32 Å². The molecular weight excluding hydrogens is 260 g/mol. The van der Waals surface area contributed by atoms with E-state index in [1.165, 1.54) is 11.1 Å². The van der Waals surface area contributed by atoms with Crippen LogP contribution < -0.4 is 5.32 Å². The fourth-order valence-electron chi connectivity index (χ4n) is 2.40. The molecule has 0 saturated carbocycles. The molecule has 0 aliphatic rings. The standard InChI is InChI=1S/C17H20N4/c1-4-14-15(10-18)17(21-20-16(14)5-2)19-11-13-9-7-6-8-12(13)3/h6-9H,4-5,11H2,1-3H3,(H,19,21). The maximum Gasteiger partial charge on any atom is 0.167 e. The highest BCUT2D eigenvalue weighted by molar-refractivity contribution is 5.56. The Morgan fingerprint density at radius 3 is 2.52 bits per heavy atom. The third-order valence-corrected chi connectivity index (χ3v) is 3.67. The SMILES string of the molecule is CCc1nnc(NCc2ccccc2C)c(C#N)c1CC. The number of aromatic nitrogens is 2. The summed E-state index contributed by atoms with van der Waals surface area (Å²) in [6.07, 6.45) is 1.59. The summed E-state index contributed by atoms with van der Waals surface area (Å²) in [4.78, 5) is 0. The van der Waals surface area contributed by atoms with Crippen LogP contribution in [0.5, 0.6) is 0 Å². The maximum absolute atomic E-state index is 9.44. The van der Waals surface area contributed by atoms with Crippen molar-refractivity contribution in [1.29, 1.82) is 5.26 Å². The molecule has 1 aromatic carbocycles. The van der Waals surface area contributed by atoms with Crippen LogP contribution in [0, 0.1) is 18.3 Å². The van der Waals surface area contributed by atoms with Crippen LogP contribution >= 0.6 is 0 Å². The predicted octanol–water partition coefficient (Wildman–Crippen LogP) is 3.39. The lowest BCUT2D eigenvalue weighted by atomic mass is 10.0. The molecule has 2 aromatic rings. The van der Waals surface area contributed by atoms with E-state index >= 15 is 0 Å². The molecule has 0 aliphatic heterocycles. The summed E-state index contributed by atoms with van der Waals surface area (Å²) >= 11 is 0. The van der Waals surface area contributed by atoms with Gasteiger partial charge in [0, 0.05) is 6.54 Å². The lowest BCUT2D eigenvalue weighted by Gasteiger charge is -2.12. The van der Waals surface area contributed by atoms with Gasteiger partial charge in [-0.1, -0.05) is 38.1 Å². The molecule has 0 atom stereocenters. The van der Waals surface area contributed by atoms with Gasteiger partial charge in [0.15, 0.2) is 5.82 Å². The molecule has 0 radical (unpaired) electrons. The van der Waals surface area contributed by atoms with Crippen LogP contribution in [0.25, 0.3) is 0 Å². The summed E-state index contributed by atoms with van der Waals surface area (Å²) in [5.41, 5.74) is 4.95. The number of anilines is 1. The van der Waals surface area contributed by atoms with E-state index in [-0.39, 0.29) is 0 Å². The van der Waals surface area contributed by atoms with Gasteiger partial charge in [-0.15, -0.1) is 5.10 Å². The summed E-state index contributed by atoms with van der Waals surface area (Å²) in [6.45, 7) is 6.79. The molecule has 4 nitrogen and oxygen atoms in total. The van der Waals surface area contributed by atoms with E-state index in [0.29, 0.717) is 17.9 Å². The van der Waals surface area contributed by atoms with E-state index in [1.54, 1.807) is 0 Å². The highest BCUT2D eigenvalue weighted by atomic mass is 15.2. The number of aryl methyl sites for hydroxylation is 2. The van der Waals surface area contributed by atoms with Crippen molar-refractivity contribution in [3.63, 3.8) is 0 Å². The van der Waals surface area contributed by atoms with Gasteiger partial charge in [0.1, 0.15) is 11.6 Å². The Balaban J connectivity index is 2.29. The molecule has 0 bridgehead atoms. The molecule has 21 heavy (non-hydrogen) atoms. The highest BCUT2D eigenvalue weighted by Gasteiger charge is 2.14. The molecule has 0 amide bonds. The average molecular weight is 280 g/mol. The Kier molecular flexibility index (Phi) is 4.89. The van der Waals surface area contributed by atoms with Crippen LogP contribution in [0.15, 0.2) is 24.3 Å². The van der Waals surface area contributed by atoms with Crippen LogP contribution in [0.2, 0.25) is 0 Å². The first-order valence-electron chi connectivity index (χ1n) is 7.28. The zero-order valence-electron chi connectivity index (χ0n) is 12.8. The minimum Gasteiger partial charge on any atom is -0.363 e. The Morgan fingerprint density at radius 1 is 1.14 bits per heavy atom. The van der Waals surface area contributed by atoms with E-state index in [0.717, 1.165) is 24.1 Å². The molecule has 1 heterocycles. The van der Waals surface area contributed by atoms with Crippen LogP contribution in [-0.2, 0) is 19.4 Å². The summed E-state index contributed by atoms with van der Waals surface area (Å²) in [6, 6.07) is 10.5. The Bertz CT molecular complexity index is 671. The van der Waals surface area contributed by atoms with Gasteiger partial charge in [-0.2, -0.15) is 10.4 Å². The minimum atomic E-state index is 0.579. The first-order chi connectivity index (χ1) is 10.2. The Morgan fingerprint density at radius 2 is 1.90 bits per heavy atom. The summed E-state index contributed by atoms with van der Waals surface area (Å²) in [7, 11) is 0. The van der Waals surface area contributed by atoms with Crippen molar-refractivity contribution in [1.82, 2.24) is 10.2 Å². The fourth-order valence-corrected chi connectivity index (χ4v) is 2.40. The molecule has 0 spiro atoms. The van der Waals surface area contributed by atoms with Gasteiger partial charge in [-0.3, -0.25) is 0 Å². The first kappa shape index (κ1) is 15.0. The zero-order chi connectivity index (χ0) is 15.2.